The zero-order chi connectivity index (χ0) is 20.5. The number of rotatable bonds is 5. The number of anilines is 1. The number of benzene rings is 2. The van der Waals surface area contributed by atoms with E-state index in [0.717, 1.165) is 5.56 Å². The fourth-order valence-electron chi connectivity index (χ4n) is 3.49. The average Bonchev–Trinajstić information content (AvgIpc) is 3.23. The minimum atomic E-state index is -0.406. The summed E-state index contributed by atoms with van der Waals surface area (Å²) in [7, 11) is 0. The predicted molar refractivity (Wildman–Crippen MR) is 111 cm³/mol. The molecule has 6 nitrogen and oxygen atoms in total. The minimum Gasteiger partial charge on any atom is -0.368 e. The first kappa shape index (κ1) is 18.1. The third-order valence-electron chi connectivity index (χ3n) is 4.88. The van der Waals surface area contributed by atoms with Crippen molar-refractivity contribution < 1.29 is 8.78 Å². The van der Waals surface area contributed by atoms with Crippen molar-refractivity contribution >= 4 is 27.9 Å². The number of imidazole rings is 1. The summed E-state index contributed by atoms with van der Waals surface area (Å²) >= 11 is 0. The van der Waals surface area contributed by atoms with Gasteiger partial charge in [0.25, 0.3) is 0 Å². The largest absolute Gasteiger partial charge is 0.368 e. The van der Waals surface area contributed by atoms with Crippen molar-refractivity contribution in [3.8, 4) is 11.3 Å². The number of hydrogen-bond donors (Lipinski definition) is 2. The zero-order valence-electron chi connectivity index (χ0n) is 15.7. The van der Waals surface area contributed by atoms with Gasteiger partial charge in [0.1, 0.15) is 29.0 Å². The summed E-state index contributed by atoms with van der Waals surface area (Å²) in [4.78, 5) is 20.1. The van der Waals surface area contributed by atoms with Gasteiger partial charge in [0.2, 0.25) is 0 Å². The van der Waals surface area contributed by atoms with Crippen LogP contribution in [0.5, 0.6) is 0 Å². The topological polar surface area (TPSA) is 79.4 Å². The van der Waals surface area contributed by atoms with Crippen LogP contribution < -0.4 is 5.32 Å². The fraction of sp³-hybridized carbons (Fsp3) is 0.0909. The standard InChI is InChI=1S/C22H16F2N6/c23-16-5-1-3-14(10-16)18-15(9-13-4-2-6-17(24)19(13)30-18)7-8-25-21-20-22(27-11-26-20)29-12-28-21/h1-6,9-12H,7-8H2,(H2,25,26,27,28,29). The monoisotopic (exact) mass is 402 g/mol. The molecule has 30 heavy (non-hydrogen) atoms. The van der Waals surface area contributed by atoms with Crippen molar-refractivity contribution in [2.45, 2.75) is 6.42 Å². The third-order valence-corrected chi connectivity index (χ3v) is 4.88. The lowest BCUT2D eigenvalue weighted by Crippen LogP contribution is -2.09. The number of hydrogen-bond acceptors (Lipinski definition) is 5. The molecule has 0 radical (unpaired) electrons. The molecule has 0 saturated heterocycles. The van der Waals surface area contributed by atoms with Crippen LogP contribution in [0.2, 0.25) is 0 Å². The molecular weight excluding hydrogens is 386 g/mol. The summed E-state index contributed by atoms with van der Waals surface area (Å²) in [6, 6.07) is 12.9. The molecule has 8 heteroatoms. The van der Waals surface area contributed by atoms with E-state index in [9.17, 15) is 8.78 Å². The lowest BCUT2D eigenvalue weighted by atomic mass is 10.0. The predicted octanol–water partition coefficient (Wildman–Crippen LogP) is 4.50. The molecule has 5 rings (SSSR count). The van der Waals surface area contributed by atoms with E-state index in [4.69, 9.17) is 0 Å². The Balaban J connectivity index is 1.50. The molecule has 0 fully saturated rings. The fourth-order valence-corrected chi connectivity index (χ4v) is 3.49. The number of aromatic amines is 1. The summed E-state index contributed by atoms with van der Waals surface area (Å²) in [6.07, 6.45) is 3.59. The lowest BCUT2D eigenvalue weighted by Gasteiger charge is -2.13. The van der Waals surface area contributed by atoms with Gasteiger partial charge in [-0.25, -0.2) is 28.7 Å². The van der Waals surface area contributed by atoms with Crippen molar-refractivity contribution in [3.63, 3.8) is 0 Å². The molecule has 0 aliphatic carbocycles. The number of fused-ring (bicyclic) bond motifs is 2. The number of H-pyrrole nitrogens is 1. The quantitative estimate of drug-likeness (QED) is 0.453. The van der Waals surface area contributed by atoms with E-state index in [1.54, 1.807) is 24.5 Å². The molecule has 0 amide bonds. The van der Waals surface area contributed by atoms with Crippen LogP contribution in [-0.2, 0) is 6.42 Å². The van der Waals surface area contributed by atoms with Crippen molar-refractivity contribution in [2.24, 2.45) is 0 Å². The summed E-state index contributed by atoms with van der Waals surface area (Å²) < 4.78 is 28.1. The molecule has 0 atom stereocenters. The summed E-state index contributed by atoms with van der Waals surface area (Å²) in [5.74, 6) is -0.154. The Kier molecular flexibility index (Phi) is 4.51. The van der Waals surface area contributed by atoms with Crippen molar-refractivity contribution in [3.05, 3.63) is 78.4 Å². The smallest absolute Gasteiger partial charge is 0.162 e. The van der Waals surface area contributed by atoms with Crippen LogP contribution in [0.1, 0.15) is 5.56 Å². The van der Waals surface area contributed by atoms with Gasteiger partial charge in [0, 0.05) is 17.5 Å². The van der Waals surface area contributed by atoms with Crippen LogP contribution in [-0.4, -0.2) is 31.5 Å². The number of nitrogens with one attached hydrogen (secondary N) is 2. The van der Waals surface area contributed by atoms with Crippen LogP contribution in [0.4, 0.5) is 14.6 Å². The second-order valence-electron chi connectivity index (χ2n) is 6.82. The molecule has 0 aliphatic rings. The second-order valence-corrected chi connectivity index (χ2v) is 6.82. The van der Waals surface area contributed by atoms with Gasteiger partial charge in [0.15, 0.2) is 11.5 Å². The Morgan fingerprint density at radius 3 is 2.73 bits per heavy atom. The molecule has 2 aromatic carbocycles. The van der Waals surface area contributed by atoms with E-state index < -0.39 is 5.82 Å². The highest BCUT2D eigenvalue weighted by Gasteiger charge is 2.13. The van der Waals surface area contributed by atoms with E-state index in [-0.39, 0.29) is 11.3 Å². The minimum absolute atomic E-state index is 0.266. The number of pyridine rings is 1. The maximum atomic E-state index is 14.3. The highest BCUT2D eigenvalue weighted by molar-refractivity contribution is 5.84. The second kappa shape index (κ2) is 7.47. The molecule has 148 valence electrons. The normalized spacial score (nSPS) is 11.3. The molecular formula is C22H16F2N6. The Morgan fingerprint density at radius 1 is 0.933 bits per heavy atom. The average molecular weight is 402 g/mol. The SMILES string of the molecule is Fc1cccc(-c2nc3c(F)cccc3cc2CCNc2ncnc3[nH]cnc23)c1. The molecule has 0 saturated carbocycles. The highest BCUT2D eigenvalue weighted by atomic mass is 19.1. The van der Waals surface area contributed by atoms with Crippen molar-refractivity contribution in [1.29, 1.82) is 0 Å². The van der Waals surface area contributed by atoms with Gasteiger partial charge in [-0.3, -0.25) is 0 Å². The van der Waals surface area contributed by atoms with Gasteiger partial charge >= 0.3 is 0 Å². The lowest BCUT2D eigenvalue weighted by molar-refractivity contribution is 0.628. The Labute approximate surface area is 170 Å². The van der Waals surface area contributed by atoms with Crippen LogP contribution in [0.15, 0.2) is 61.2 Å². The highest BCUT2D eigenvalue weighted by Crippen LogP contribution is 2.28. The van der Waals surface area contributed by atoms with E-state index in [2.05, 4.69) is 30.2 Å². The number of para-hydroxylation sites is 1. The Hall–Kier alpha value is -3.94. The van der Waals surface area contributed by atoms with Gasteiger partial charge in [0.05, 0.1) is 12.0 Å². The van der Waals surface area contributed by atoms with E-state index >= 15 is 0 Å². The van der Waals surface area contributed by atoms with Crippen molar-refractivity contribution in [1.82, 2.24) is 24.9 Å². The van der Waals surface area contributed by atoms with Gasteiger partial charge in [-0.1, -0.05) is 24.3 Å². The van der Waals surface area contributed by atoms with Crippen LogP contribution in [0.25, 0.3) is 33.3 Å². The van der Waals surface area contributed by atoms with Gasteiger partial charge < -0.3 is 10.3 Å². The summed E-state index contributed by atoms with van der Waals surface area (Å²) in [5, 5.41) is 3.96. The van der Waals surface area contributed by atoms with Crippen LogP contribution in [0.3, 0.4) is 0 Å². The van der Waals surface area contributed by atoms with Crippen LogP contribution >= 0.6 is 0 Å². The molecule has 3 aromatic heterocycles. The summed E-state index contributed by atoms with van der Waals surface area (Å²) in [6.45, 7) is 0.532. The molecule has 0 unspecified atom stereocenters. The number of nitrogens with zero attached hydrogens (tertiary/aromatic N) is 4. The Morgan fingerprint density at radius 2 is 1.83 bits per heavy atom. The van der Waals surface area contributed by atoms with Gasteiger partial charge in [-0.2, -0.15) is 0 Å². The first-order valence-corrected chi connectivity index (χ1v) is 9.41. The number of halogens is 2. The molecule has 0 aliphatic heterocycles. The first-order chi connectivity index (χ1) is 14.7. The molecule has 3 heterocycles. The molecule has 5 aromatic rings. The van der Waals surface area contributed by atoms with Gasteiger partial charge in [-0.05, 0) is 36.2 Å². The van der Waals surface area contributed by atoms with Crippen molar-refractivity contribution in [2.75, 3.05) is 11.9 Å². The van der Waals surface area contributed by atoms with E-state index in [0.29, 0.717) is 46.6 Å². The molecule has 0 spiro atoms. The first-order valence-electron chi connectivity index (χ1n) is 9.41. The Bertz CT molecular complexity index is 1360. The van der Waals surface area contributed by atoms with E-state index in [1.807, 2.05) is 12.1 Å². The molecule has 0 bridgehead atoms. The number of aromatic nitrogens is 5. The maximum Gasteiger partial charge on any atom is 0.162 e. The van der Waals surface area contributed by atoms with Gasteiger partial charge in [-0.15, -0.1) is 0 Å². The zero-order valence-corrected chi connectivity index (χ0v) is 15.7. The van der Waals surface area contributed by atoms with E-state index in [1.165, 1.54) is 24.5 Å². The maximum absolute atomic E-state index is 14.3. The molecule has 2 N–H and O–H groups in total. The van der Waals surface area contributed by atoms with Crippen LogP contribution in [0, 0.1) is 11.6 Å². The third kappa shape index (κ3) is 3.32. The summed E-state index contributed by atoms with van der Waals surface area (Å²) in [5.41, 5.74) is 3.60.